The highest BCUT2D eigenvalue weighted by Gasteiger charge is 2.10. The fourth-order valence-corrected chi connectivity index (χ4v) is 2.03. The van der Waals surface area contributed by atoms with Crippen LogP contribution in [0, 0.1) is 0 Å². The Labute approximate surface area is 111 Å². The number of hydrogen-bond acceptors (Lipinski definition) is 2. The average Bonchev–Trinajstić information content (AvgIpc) is 2.94. The maximum absolute atomic E-state index is 11.9. The van der Waals surface area contributed by atoms with Crippen LogP contribution in [0.15, 0.2) is 41.0 Å². The number of halogens is 1. The highest BCUT2D eigenvalue weighted by Crippen LogP contribution is 2.15. The Kier molecular flexibility index (Phi) is 2.64. The molecule has 0 fully saturated rings. The van der Waals surface area contributed by atoms with Crippen molar-refractivity contribution in [1.82, 2.24) is 15.0 Å². The molecule has 0 spiro atoms. The van der Waals surface area contributed by atoms with Crippen molar-refractivity contribution in [1.29, 1.82) is 0 Å². The van der Waals surface area contributed by atoms with E-state index in [1.165, 1.54) is 0 Å². The van der Waals surface area contributed by atoms with E-state index in [-0.39, 0.29) is 5.91 Å². The number of carbonyl (C=O) groups is 1. The van der Waals surface area contributed by atoms with E-state index in [1.54, 1.807) is 12.3 Å². The summed E-state index contributed by atoms with van der Waals surface area (Å²) in [4.78, 5) is 22.0. The van der Waals surface area contributed by atoms with Crippen LogP contribution in [0.5, 0.6) is 0 Å². The zero-order valence-electron chi connectivity index (χ0n) is 9.20. The van der Waals surface area contributed by atoms with Gasteiger partial charge in [0.05, 0.1) is 11.0 Å². The van der Waals surface area contributed by atoms with Crippen LogP contribution < -0.4 is 5.32 Å². The molecule has 0 unspecified atom stereocenters. The molecule has 3 aromatic rings. The van der Waals surface area contributed by atoms with Gasteiger partial charge in [0.15, 0.2) is 0 Å². The minimum absolute atomic E-state index is 0.236. The number of nitrogens with one attached hydrogen (secondary N) is 3. The molecule has 1 aromatic carbocycles. The third kappa shape index (κ3) is 2.02. The van der Waals surface area contributed by atoms with Crippen molar-refractivity contribution in [2.75, 3.05) is 5.32 Å². The Morgan fingerprint density at radius 1 is 1.33 bits per heavy atom. The van der Waals surface area contributed by atoms with Crippen LogP contribution in [0.4, 0.5) is 5.95 Å². The third-order valence-corrected chi connectivity index (χ3v) is 2.97. The molecule has 0 saturated carbocycles. The molecule has 0 saturated heterocycles. The summed E-state index contributed by atoms with van der Waals surface area (Å²) in [5.41, 5.74) is 2.18. The number of aromatic amines is 2. The monoisotopic (exact) mass is 304 g/mol. The Morgan fingerprint density at radius 3 is 2.89 bits per heavy atom. The van der Waals surface area contributed by atoms with E-state index in [4.69, 9.17) is 0 Å². The van der Waals surface area contributed by atoms with Gasteiger partial charge in [0.2, 0.25) is 5.95 Å². The normalized spacial score (nSPS) is 10.7. The predicted molar refractivity (Wildman–Crippen MR) is 72.5 cm³/mol. The lowest BCUT2D eigenvalue weighted by atomic mass is 10.3. The van der Waals surface area contributed by atoms with Gasteiger partial charge in [0.25, 0.3) is 5.91 Å². The number of para-hydroxylation sites is 2. The minimum Gasteiger partial charge on any atom is -0.356 e. The fraction of sp³-hybridized carbons (Fsp3) is 0. The van der Waals surface area contributed by atoms with Crippen LogP contribution in [-0.2, 0) is 0 Å². The second-order valence-corrected chi connectivity index (χ2v) is 4.70. The molecule has 2 aromatic heterocycles. The number of nitrogens with zero attached hydrogens (tertiary/aromatic N) is 1. The molecule has 5 nitrogen and oxygen atoms in total. The summed E-state index contributed by atoms with van der Waals surface area (Å²) in [5.74, 6) is 0.201. The summed E-state index contributed by atoms with van der Waals surface area (Å²) in [5, 5.41) is 2.70. The Hall–Kier alpha value is -2.08. The molecule has 0 aliphatic heterocycles. The van der Waals surface area contributed by atoms with Gasteiger partial charge in [0, 0.05) is 10.7 Å². The van der Waals surface area contributed by atoms with Gasteiger partial charge in [-0.05, 0) is 34.1 Å². The summed E-state index contributed by atoms with van der Waals surface area (Å²) in [6.07, 6.45) is 1.70. The molecular formula is C12H9BrN4O. The Bertz CT molecular complexity index is 683. The molecule has 2 heterocycles. The number of fused-ring (bicyclic) bond motifs is 1. The van der Waals surface area contributed by atoms with Crippen LogP contribution in [0.25, 0.3) is 11.0 Å². The number of benzene rings is 1. The SMILES string of the molecule is O=C(Nc1nc2ccccc2[nH]1)c1cc(Br)c[nH]1. The summed E-state index contributed by atoms with van der Waals surface area (Å²) in [6.45, 7) is 0. The largest absolute Gasteiger partial charge is 0.356 e. The fourth-order valence-electron chi connectivity index (χ4n) is 1.69. The Balaban J connectivity index is 1.86. The van der Waals surface area contributed by atoms with Gasteiger partial charge >= 0.3 is 0 Å². The van der Waals surface area contributed by atoms with Crippen molar-refractivity contribution in [3.05, 3.63) is 46.7 Å². The van der Waals surface area contributed by atoms with Crippen molar-refractivity contribution in [3.8, 4) is 0 Å². The molecule has 0 atom stereocenters. The second-order valence-electron chi connectivity index (χ2n) is 3.79. The first-order chi connectivity index (χ1) is 8.72. The zero-order chi connectivity index (χ0) is 12.5. The van der Waals surface area contributed by atoms with Gasteiger partial charge in [-0.1, -0.05) is 12.1 Å². The van der Waals surface area contributed by atoms with E-state index < -0.39 is 0 Å². The molecule has 0 radical (unpaired) electrons. The number of amides is 1. The van der Waals surface area contributed by atoms with Gasteiger partial charge in [-0.3, -0.25) is 10.1 Å². The van der Waals surface area contributed by atoms with Crippen molar-refractivity contribution < 1.29 is 4.79 Å². The second kappa shape index (κ2) is 4.30. The molecule has 3 rings (SSSR count). The molecule has 90 valence electrons. The van der Waals surface area contributed by atoms with Gasteiger partial charge in [0.1, 0.15) is 5.69 Å². The quantitative estimate of drug-likeness (QED) is 0.681. The summed E-state index contributed by atoms with van der Waals surface area (Å²) < 4.78 is 0.831. The molecule has 0 aliphatic rings. The van der Waals surface area contributed by atoms with E-state index in [0.717, 1.165) is 15.5 Å². The number of hydrogen-bond donors (Lipinski definition) is 3. The lowest BCUT2D eigenvalue weighted by Crippen LogP contribution is -2.13. The first kappa shape index (κ1) is 11.0. The lowest BCUT2D eigenvalue weighted by molar-refractivity contribution is 0.102. The molecule has 3 N–H and O–H groups in total. The molecule has 18 heavy (non-hydrogen) atoms. The molecule has 1 amide bonds. The van der Waals surface area contributed by atoms with Crippen LogP contribution in [-0.4, -0.2) is 20.9 Å². The van der Waals surface area contributed by atoms with E-state index in [1.807, 2.05) is 24.3 Å². The predicted octanol–water partition coefficient (Wildman–Crippen LogP) is 2.91. The number of rotatable bonds is 2. The zero-order valence-corrected chi connectivity index (χ0v) is 10.8. The first-order valence-corrected chi connectivity index (χ1v) is 6.12. The smallest absolute Gasteiger partial charge is 0.274 e. The number of carbonyl (C=O) groups excluding carboxylic acids is 1. The molecule has 6 heteroatoms. The van der Waals surface area contributed by atoms with Crippen LogP contribution in [0.3, 0.4) is 0 Å². The summed E-state index contributed by atoms with van der Waals surface area (Å²) >= 11 is 3.28. The van der Waals surface area contributed by atoms with Gasteiger partial charge in [-0.15, -0.1) is 0 Å². The van der Waals surface area contributed by atoms with Gasteiger partial charge < -0.3 is 9.97 Å². The number of aromatic nitrogens is 3. The van der Waals surface area contributed by atoms with E-state index in [2.05, 4.69) is 36.2 Å². The highest BCUT2D eigenvalue weighted by molar-refractivity contribution is 9.10. The number of imidazole rings is 1. The number of anilines is 1. The van der Waals surface area contributed by atoms with Crippen molar-refractivity contribution in [3.63, 3.8) is 0 Å². The average molecular weight is 305 g/mol. The van der Waals surface area contributed by atoms with Crippen molar-refractivity contribution in [2.45, 2.75) is 0 Å². The van der Waals surface area contributed by atoms with Gasteiger partial charge in [-0.2, -0.15) is 0 Å². The third-order valence-electron chi connectivity index (χ3n) is 2.51. The Morgan fingerprint density at radius 2 is 2.17 bits per heavy atom. The van der Waals surface area contributed by atoms with Crippen LogP contribution in [0.2, 0.25) is 0 Å². The summed E-state index contributed by atoms with van der Waals surface area (Å²) in [6, 6.07) is 9.30. The van der Waals surface area contributed by atoms with Gasteiger partial charge in [-0.25, -0.2) is 4.98 Å². The minimum atomic E-state index is -0.236. The van der Waals surface area contributed by atoms with E-state index >= 15 is 0 Å². The van der Waals surface area contributed by atoms with Crippen molar-refractivity contribution in [2.24, 2.45) is 0 Å². The lowest BCUT2D eigenvalue weighted by Gasteiger charge is -1.98. The maximum atomic E-state index is 11.9. The first-order valence-electron chi connectivity index (χ1n) is 5.32. The van der Waals surface area contributed by atoms with Crippen LogP contribution >= 0.6 is 15.9 Å². The maximum Gasteiger partial charge on any atom is 0.274 e. The molecule has 0 bridgehead atoms. The molecule has 0 aliphatic carbocycles. The summed E-state index contributed by atoms with van der Waals surface area (Å²) in [7, 11) is 0. The van der Waals surface area contributed by atoms with Crippen LogP contribution in [0.1, 0.15) is 10.5 Å². The van der Waals surface area contributed by atoms with E-state index in [0.29, 0.717) is 11.6 Å². The topological polar surface area (TPSA) is 73.6 Å². The van der Waals surface area contributed by atoms with Crippen molar-refractivity contribution >= 4 is 38.8 Å². The number of H-pyrrole nitrogens is 2. The highest BCUT2D eigenvalue weighted by atomic mass is 79.9. The van der Waals surface area contributed by atoms with E-state index in [9.17, 15) is 4.79 Å². The molecular weight excluding hydrogens is 296 g/mol. The standard InChI is InChI=1S/C12H9BrN4O/c13-7-5-10(14-6-7)11(18)17-12-15-8-3-1-2-4-9(8)16-12/h1-6,14H,(H2,15,16,17,18).